The van der Waals surface area contributed by atoms with Crippen molar-refractivity contribution in [3.8, 4) is 0 Å². The van der Waals surface area contributed by atoms with Crippen LogP contribution in [0.1, 0.15) is 0 Å². The molecule has 0 aromatic heterocycles. The molecule has 0 saturated heterocycles. The zero-order valence-electron chi connectivity index (χ0n) is 8.45. The van der Waals surface area contributed by atoms with E-state index in [0.717, 1.165) is 0 Å². The molecular formula is C8H18N2O2S. The fourth-order valence-corrected chi connectivity index (χ4v) is 1.72. The maximum atomic E-state index is 11.2. The zero-order chi connectivity index (χ0) is 10.3. The van der Waals surface area contributed by atoms with Crippen LogP contribution < -0.4 is 5.32 Å². The van der Waals surface area contributed by atoms with Gasteiger partial charge in [-0.3, -0.25) is 0 Å². The van der Waals surface area contributed by atoms with Crippen LogP contribution in [0.3, 0.4) is 0 Å². The van der Waals surface area contributed by atoms with Crippen LogP contribution in [-0.2, 0) is 9.84 Å². The van der Waals surface area contributed by atoms with E-state index in [1.807, 2.05) is 19.0 Å². The normalized spacial score (nSPS) is 12.9. The summed E-state index contributed by atoms with van der Waals surface area (Å²) in [6.45, 7) is 1.15. The van der Waals surface area contributed by atoms with Crippen LogP contribution in [-0.4, -0.2) is 53.3 Å². The van der Waals surface area contributed by atoms with Gasteiger partial charge < -0.3 is 10.2 Å². The number of sulfone groups is 1. The smallest absolute Gasteiger partial charge is 0.172 e. The maximum absolute atomic E-state index is 11.2. The van der Waals surface area contributed by atoms with Crippen molar-refractivity contribution in [3.05, 3.63) is 11.5 Å². The summed E-state index contributed by atoms with van der Waals surface area (Å²) in [6, 6.07) is 0. The largest absolute Gasteiger partial charge is 0.319 e. The van der Waals surface area contributed by atoms with Crippen molar-refractivity contribution in [2.24, 2.45) is 0 Å². The lowest BCUT2D eigenvalue weighted by atomic mass is 10.6. The molecule has 13 heavy (non-hydrogen) atoms. The van der Waals surface area contributed by atoms with Crippen LogP contribution in [0.4, 0.5) is 0 Å². The van der Waals surface area contributed by atoms with Crippen LogP contribution in [0.2, 0.25) is 0 Å². The van der Waals surface area contributed by atoms with Gasteiger partial charge in [0, 0.05) is 18.5 Å². The minimum absolute atomic E-state index is 0.160. The summed E-state index contributed by atoms with van der Waals surface area (Å²) >= 11 is 0. The molecule has 1 N–H and O–H groups in total. The molecule has 0 spiro atoms. The van der Waals surface area contributed by atoms with Crippen molar-refractivity contribution in [2.45, 2.75) is 0 Å². The van der Waals surface area contributed by atoms with E-state index in [-0.39, 0.29) is 5.75 Å². The summed E-state index contributed by atoms with van der Waals surface area (Å²) in [4.78, 5) is 1.91. The van der Waals surface area contributed by atoms with E-state index in [1.54, 1.807) is 13.1 Å². The molecule has 0 bridgehead atoms. The van der Waals surface area contributed by atoms with E-state index < -0.39 is 9.84 Å². The summed E-state index contributed by atoms with van der Waals surface area (Å²) in [5.74, 6) is 0.160. The molecule has 0 heterocycles. The summed E-state index contributed by atoms with van der Waals surface area (Å²) in [6.07, 6.45) is 1.66. The summed E-state index contributed by atoms with van der Waals surface area (Å²) < 4.78 is 22.5. The number of hydrogen-bond acceptors (Lipinski definition) is 4. The first-order valence-corrected chi connectivity index (χ1v) is 5.88. The lowest BCUT2D eigenvalue weighted by Crippen LogP contribution is -2.18. The number of nitrogens with zero attached hydrogens (tertiary/aromatic N) is 1. The molecule has 0 aromatic rings. The molecule has 0 unspecified atom stereocenters. The molecule has 78 valence electrons. The van der Waals surface area contributed by atoms with Gasteiger partial charge in [-0.1, -0.05) is 6.08 Å². The van der Waals surface area contributed by atoms with Crippen LogP contribution in [0.5, 0.6) is 0 Å². The highest BCUT2D eigenvalue weighted by molar-refractivity contribution is 7.94. The average Bonchev–Trinajstić information content (AvgIpc) is 2.00. The second-order valence-electron chi connectivity index (χ2n) is 3.10. The fourth-order valence-electron chi connectivity index (χ4n) is 0.713. The Kier molecular flexibility index (Phi) is 5.94. The van der Waals surface area contributed by atoms with E-state index in [4.69, 9.17) is 0 Å². The van der Waals surface area contributed by atoms with Gasteiger partial charge in [0.25, 0.3) is 0 Å². The number of likely N-dealkylation sites (N-methyl/N-ethyl adjacent to an activating group) is 1. The Bertz CT molecular complexity index is 245. The molecule has 0 fully saturated rings. The van der Waals surface area contributed by atoms with Crippen LogP contribution in [0, 0.1) is 0 Å². The average molecular weight is 206 g/mol. The van der Waals surface area contributed by atoms with Crippen LogP contribution in [0.25, 0.3) is 0 Å². The Morgan fingerprint density at radius 2 is 2.00 bits per heavy atom. The predicted molar refractivity (Wildman–Crippen MR) is 55.4 cm³/mol. The Morgan fingerprint density at radius 1 is 1.38 bits per heavy atom. The van der Waals surface area contributed by atoms with Crippen molar-refractivity contribution in [1.29, 1.82) is 0 Å². The van der Waals surface area contributed by atoms with Gasteiger partial charge in [-0.25, -0.2) is 8.42 Å². The van der Waals surface area contributed by atoms with E-state index in [2.05, 4.69) is 5.32 Å². The Morgan fingerprint density at radius 3 is 2.46 bits per heavy atom. The van der Waals surface area contributed by atoms with Crippen LogP contribution >= 0.6 is 0 Å². The molecule has 0 aliphatic heterocycles. The molecule has 0 rings (SSSR count). The Labute approximate surface area is 80.5 Å². The minimum Gasteiger partial charge on any atom is -0.319 e. The molecule has 0 atom stereocenters. The van der Waals surface area contributed by atoms with Gasteiger partial charge in [0.15, 0.2) is 9.84 Å². The van der Waals surface area contributed by atoms with Crippen molar-refractivity contribution in [1.82, 2.24) is 10.2 Å². The van der Waals surface area contributed by atoms with E-state index in [0.29, 0.717) is 13.1 Å². The summed E-state index contributed by atoms with van der Waals surface area (Å²) in [7, 11) is 2.51. The molecule has 4 nitrogen and oxygen atoms in total. The maximum Gasteiger partial charge on any atom is 0.172 e. The van der Waals surface area contributed by atoms with Gasteiger partial charge >= 0.3 is 0 Å². The van der Waals surface area contributed by atoms with Gasteiger partial charge in [-0.2, -0.15) is 0 Å². The van der Waals surface area contributed by atoms with Crippen molar-refractivity contribution in [3.63, 3.8) is 0 Å². The summed E-state index contributed by atoms with van der Waals surface area (Å²) in [5, 5.41) is 4.08. The molecule has 0 aromatic carbocycles. The molecule has 0 saturated carbocycles. The monoisotopic (exact) mass is 206 g/mol. The lowest BCUT2D eigenvalue weighted by molar-refractivity contribution is 0.456. The van der Waals surface area contributed by atoms with Gasteiger partial charge in [-0.05, 0) is 21.1 Å². The highest BCUT2D eigenvalue weighted by Crippen LogP contribution is 1.91. The highest BCUT2D eigenvalue weighted by atomic mass is 32.2. The van der Waals surface area contributed by atoms with Gasteiger partial charge in [-0.15, -0.1) is 0 Å². The Balaban J connectivity index is 3.95. The first-order chi connectivity index (χ1) is 5.98. The van der Waals surface area contributed by atoms with Crippen LogP contribution in [0.15, 0.2) is 11.5 Å². The van der Waals surface area contributed by atoms with Gasteiger partial charge in [0.05, 0.1) is 5.75 Å². The third-order valence-electron chi connectivity index (χ3n) is 1.41. The molecule has 0 radical (unpaired) electrons. The predicted octanol–water partition coefficient (Wildman–Crippen LogP) is -0.304. The lowest BCUT2D eigenvalue weighted by Gasteiger charge is -2.03. The Hall–Kier alpha value is -0.390. The summed E-state index contributed by atoms with van der Waals surface area (Å²) in [5.41, 5.74) is 0. The van der Waals surface area contributed by atoms with E-state index in [1.165, 1.54) is 5.41 Å². The molecular weight excluding hydrogens is 188 g/mol. The number of nitrogens with one attached hydrogen (secondary N) is 1. The van der Waals surface area contributed by atoms with E-state index in [9.17, 15) is 8.42 Å². The topological polar surface area (TPSA) is 49.4 Å². The van der Waals surface area contributed by atoms with Gasteiger partial charge in [0.1, 0.15) is 0 Å². The SMILES string of the molecule is CNCCS(=O)(=O)/C=C/CN(C)C. The quantitative estimate of drug-likeness (QED) is 0.648. The molecule has 5 heteroatoms. The number of hydrogen-bond donors (Lipinski definition) is 1. The van der Waals surface area contributed by atoms with Crippen molar-refractivity contribution < 1.29 is 8.42 Å². The molecule has 0 amide bonds. The minimum atomic E-state index is -3.01. The second-order valence-corrected chi connectivity index (χ2v) is 5.11. The van der Waals surface area contributed by atoms with Crippen molar-refractivity contribution >= 4 is 9.84 Å². The molecule has 0 aliphatic carbocycles. The first kappa shape index (κ1) is 12.6. The molecule has 0 aliphatic rings. The van der Waals surface area contributed by atoms with Crippen molar-refractivity contribution in [2.75, 3.05) is 40.0 Å². The third kappa shape index (κ3) is 7.95. The zero-order valence-corrected chi connectivity index (χ0v) is 9.26. The highest BCUT2D eigenvalue weighted by Gasteiger charge is 2.03. The number of rotatable bonds is 6. The third-order valence-corrected chi connectivity index (χ3v) is 2.79. The van der Waals surface area contributed by atoms with E-state index >= 15 is 0 Å². The second kappa shape index (κ2) is 6.12. The van der Waals surface area contributed by atoms with Gasteiger partial charge in [0.2, 0.25) is 0 Å². The standard InChI is InChI=1S/C8H18N2O2S/c1-9-5-8-13(11,12)7-4-6-10(2)3/h4,7,9H,5-6,8H2,1-3H3/b7-4+. The first-order valence-electron chi connectivity index (χ1n) is 4.16. The fraction of sp³-hybridized carbons (Fsp3) is 0.750.